The molecule has 2 N–H and O–H groups in total. The summed E-state index contributed by atoms with van der Waals surface area (Å²) in [6.45, 7) is 6.23. The van der Waals surface area contributed by atoms with Gasteiger partial charge in [0.1, 0.15) is 0 Å². The normalized spacial score (nSPS) is 15.3. The van der Waals surface area contributed by atoms with Gasteiger partial charge < -0.3 is 10.4 Å². The van der Waals surface area contributed by atoms with Crippen LogP contribution in [0.2, 0.25) is 0 Å². The smallest absolute Gasteiger partial charge is 0.244 e. The van der Waals surface area contributed by atoms with Gasteiger partial charge in [0.15, 0.2) is 0 Å². The molecule has 1 amide bonds. The van der Waals surface area contributed by atoms with Crippen LogP contribution >= 0.6 is 0 Å². The Bertz CT molecular complexity index is 617. The Kier molecular flexibility index (Phi) is 17.4. The number of rotatable bonds is 15. The molecule has 0 fully saturated rings. The molecule has 0 bridgehead atoms. The van der Waals surface area contributed by atoms with E-state index in [-0.39, 0.29) is 12.5 Å². The van der Waals surface area contributed by atoms with Crippen molar-refractivity contribution < 1.29 is 9.90 Å². The molecule has 0 rings (SSSR count). The van der Waals surface area contributed by atoms with Crippen LogP contribution in [0.5, 0.6) is 0 Å². The Hall–Kier alpha value is -2.39. The fourth-order valence-corrected chi connectivity index (χ4v) is 2.27. The zero-order valence-corrected chi connectivity index (χ0v) is 18.4. The SMILES string of the molecule is CCC=CC=CC=CC=CCCC=CC=CC=CC(=O)NCC(C)(O)CCCC. The second kappa shape index (κ2) is 18.9. The van der Waals surface area contributed by atoms with Crippen molar-refractivity contribution in [2.75, 3.05) is 6.54 Å². The average Bonchev–Trinajstić information content (AvgIpc) is 2.70. The van der Waals surface area contributed by atoms with E-state index in [2.05, 4.69) is 43.5 Å². The summed E-state index contributed by atoms with van der Waals surface area (Å²) in [5.74, 6) is -0.190. The van der Waals surface area contributed by atoms with Gasteiger partial charge in [-0.05, 0) is 32.6 Å². The fraction of sp³-hybridized carbons (Fsp3) is 0.423. The van der Waals surface area contributed by atoms with Crippen molar-refractivity contribution in [3.05, 3.63) is 85.1 Å². The molecular weight excluding hydrogens is 358 g/mol. The van der Waals surface area contributed by atoms with Gasteiger partial charge in [-0.25, -0.2) is 0 Å². The van der Waals surface area contributed by atoms with E-state index in [0.29, 0.717) is 6.42 Å². The first-order valence-electron chi connectivity index (χ1n) is 10.7. The molecule has 3 nitrogen and oxygen atoms in total. The van der Waals surface area contributed by atoms with E-state index in [1.807, 2.05) is 48.6 Å². The summed E-state index contributed by atoms with van der Waals surface area (Å²) in [6, 6.07) is 0. The van der Waals surface area contributed by atoms with Crippen LogP contribution in [0, 0.1) is 0 Å². The summed E-state index contributed by atoms with van der Waals surface area (Å²) in [6.07, 6.45) is 33.1. The number of hydrogen-bond acceptors (Lipinski definition) is 2. The van der Waals surface area contributed by atoms with Crippen LogP contribution in [0.3, 0.4) is 0 Å². The van der Waals surface area contributed by atoms with Crippen molar-refractivity contribution in [2.24, 2.45) is 0 Å². The first kappa shape index (κ1) is 26.6. The van der Waals surface area contributed by atoms with Gasteiger partial charge in [0, 0.05) is 12.6 Å². The Balaban J connectivity index is 3.90. The summed E-state index contributed by atoms with van der Waals surface area (Å²) in [4.78, 5) is 11.7. The van der Waals surface area contributed by atoms with Crippen LogP contribution in [-0.4, -0.2) is 23.2 Å². The molecular formula is C26H39NO2. The minimum absolute atomic E-state index is 0.190. The maximum Gasteiger partial charge on any atom is 0.244 e. The number of carbonyl (C=O) groups is 1. The van der Waals surface area contributed by atoms with Gasteiger partial charge in [0.25, 0.3) is 0 Å². The predicted octanol–water partition coefficient (Wildman–Crippen LogP) is 6.13. The van der Waals surface area contributed by atoms with E-state index in [0.717, 1.165) is 32.1 Å². The minimum Gasteiger partial charge on any atom is -0.388 e. The molecule has 0 saturated carbocycles. The largest absolute Gasteiger partial charge is 0.388 e. The number of unbranched alkanes of at least 4 members (excludes halogenated alkanes) is 2. The van der Waals surface area contributed by atoms with Crippen molar-refractivity contribution in [1.82, 2.24) is 5.32 Å². The van der Waals surface area contributed by atoms with Crippen LogP contribution in [-0.2, 0) is 4.79 Å². The number of carbonyl (C=O) groups excluding carboxylic acids is 1. The van der Waals surface area contributed by atoms with Crippen molar-refractivity contribution in [2.45, 2.75) is 64.9 Å². The molecule has 0 spiro atoms. The first-order valence-corrected chi connectivity index (χ1v) is 10.7. The third-order valence-electron chi connectivity index (χ3n) is 3.99. The van der Waals surface area contributed by atoms with Gasteiger partial charge in [-0.2, -0.15) is 0 Å². The number of allylic oxidation sites excluding steroid dienone is 13. The maximum absolute atomic E-state index is 11.7. The van der Waals surface area contributed by atoms with E-state index in [1.165, 1.54) is 6.08 Å². The number of aliphatic hydroxyl groups is 1. The minimum atomic E-state index is -0.842. The van der Waals surface area contributed by atoms with Crippen LogP contribution < -0.4 is 5.32 Å². The Labute approximate surface area is 178 Å². The molecule has 0 saturated heterocycles. The average molecular weight is 398 g/mol. The molecule has 0 radical (unpaired) electrons. The van der Waals surface area contributed by atoms with Crippen molar-refractivity contribution in [1.29, 1.82) is 0 Å². The van der Waals surface area contributed by atoms with E-state index in [9.17, 15) is 9.90 Å². The molecule has 0 aromatic carbocycles. The molecule has 0 aliphatic carbocycles. The van der Waals surface area contributed by atoms with Crippen molar-refractivity contribution in [3.8, 4) is 0 Å². The molecule has 0 aliphatic rings. The highest BCUT2D eigenvalue weighted by molar-refractivity contribution is 5.87. The molecule has 0 aliphatic heterocycles. The highest BCUT2D eigenvalue weighted by Crippen LogP contribution is 2.11. The molecule has 0 heterocycles. The number of nitrogens with one attached hydrogen (secondary N) is 1. The standard InChI is InChI=1S/C26H39NO2/c1-4-6-8-9-10-11-12-13-14-15-16-17-18-19-20-21-22-25(28)27-24-26(3,29)23-7-5-2/h6,8-14,17-22,29H,4-5,7,15-16,23-24H2,1-3H3,(H,27,28). The van der Waals surface area contributed by atoms with Gasteiger partial charge in [-0.15, -0.1) is 0 Å². The number of hydrogen-bond donors (Lipinski definition) is 2. The highest BCUT2D eigenvalue weighted by atomic mass is 16.3. The second-order valence-electron chi connectivity index (χ2n) is 7.10. The molecule has 0 aromatic heterocycles. The molecule has 3 heteroatoms. The second-order valence-corrected chi connectivity index (χ2v) is 7.10. The summed E-state index contributed by atoms with van der Waals surface area (Å²) in [5.41, 5.74) is -0.842. The topological polar surface area (TPSA) is 49.3 Å². The molecule has 160 valence electrons. The number of amides is 1. The fourth-order valence-electron chi connectivity index (χ4n) is 2.27. The zero-order chi connectivity index (χ0) is 21.6. The van der Waals surface area contributed by atoms with Gasteiger partial charge in [-0.3, -0.25) is 4.79 Å². The van der Waals surface area contributed by atoms with Crippen molar-refractivity contribution in [3.63, 3.8) is 0 Å². The predicted molar refractivity (Wildman–Crippen MR) is 127 cm³/mol. The molecule has 29 heavy (non-hydrogen) atoms. The lowest BCUT2D eigenvalue weighted by Crippen LogP contribution is -2.39. The van der Waals surface area contributed by atoms with E-state index >= 15 is 0 Å². The van der Waals surface area contributed by atoms with Gasteiger partial charge >= 0.3 is 0 Å². The lowest BCUT2D eigenvalue weighted by atomic mass is 9.99. The lowest BCUT2D eigenvalue weighted by Gasteiger charge is -2.22. The van der Waals surface area contributed by atoms with Gasteiger partial charge in [-0.1, -0.05) is 106 Å². The lowest BCUT2D eigenvalue weighted by molar-refractivity contribution is -0.117. The molecule has 1 atom stereocenters. The van der Waals surface area contributed by atoms with E-state index in [4.69, 9.17) is 0 Å². The van der Waals surface area contributed by atoms with Gasteiger partial charge in [0.2, 0.25) is 5.91 Å². The Morgan fingerprint density at radius 2 is 1.34 bits per heavy atom. The van der Waals surface area contributed by atoms with E-state index < -0.39 is 5.60 Å². The summed E-state index contributed by atoms with van der Waals surface area (Å²) in [7, 11) is 0. The van der Waals surface area contributed by atoms with E-state index in [1.54, 1.807) is 13.0 Å². The quantitative estimate of drug-likeness (QED) is 0.198. The zero-order valence-electron chi connectivity index (χ0n) is 18.4. The van der Waals surface area contributed by atoms with Crippen molar-refractivity contribution >= 4 is 5.91 Å². The summed E-state index contributed by atoms with van der Waals surface area (Å²) in [5, 5.41) is 12.9. The summed E-state index contributed by atoms with van der Waals surface area (Å²) < 4.78 is 0. The third kappa shape index (κ3) is 20.2. The first-order chi connectivity index (χ1) is 14.0. The Morgan fingerprint density at radius 1 is 0.828 bits per heavy atom. The van der Waals surface area contributed by atoms with Gasteiger partial charge in [0.05, 0.1) is 5.60 Å². The van der Waals surface area contributed by atoms with Crippen LogP contribution in [0.4, 0.5) is 0 Å². The third-order valence-corrected chi connectivity index (χ3v) is 3.99. The highest BCUT2D eigenvalue weighted by Gasteiger charge is 2.19. The molecule has 0 aromatic rings. The van der Waals surface area contributed by atoms with Crippen LogP contribution in [0.25, 0.3) is 0 Å². The maximum atomic E-state index is 11.7. The molecule has 1 unspecified atom stereocenters. The monoisotopic (exact) mass is 397 g/mol. The Morgan fingerprint density at radius 3 is 1.90 bits per heavy atom. The van der Waals surface area contributed by atoms with Crippen LogP contribution in [0.15, 0.2) is 85.1 Å². The summed E-state index contributed by atoms with van der Waals surface area (Å²) >= 11 is 0. The van der Waals surface area contributed by atoms with Crippen LogP contribution in [0.1, 0.15) is 59.3 Å².